The Kier molecular flexibility index (Phi) is 4.60. The second kappa shape index (κ2) is 7.56. The Morgan fingerprint density at radius 2 is 2.00 bits per heavy atom. The summed E-state index contributed by atoms with van der Waals surface area (Å²) < 4.78 is 5.35. The second-order valence-corrected chi connectivity index (χ2v) is 7.10. The van der Waals surface area contributed by atoms with Crippen LogP contribution in [0.1, 0.15) is 0 Å². The molecule has 0 saturated carbocycles. The van der Waals surface area contributed by atoms with Crippen molar-refractivity contribution in [3.05, 3.63) is 60.1 Å². The van der Waals surface area contributed by atoms with Gasteiger partial charge in [-0.05, 0) is 18.2 Å². The van der Waals surface area contributed by atoms with E-state index in [2.05, 4.69) is 35.8 Å². The van der Waals surface area contributed by atoms with Crippen LogP contribution in [0.5, 0.6) is 0 Å². The third kappa shape index (κ3) is 3.60. The van der Waals surface area contributed by atoms with Gasteiger partial charge in [-0.15, -0.1) is 5.10 Å². The van der Waals surface area contributed by atoms with E-state index in [9.17, 15) is 0 Å². The monoisotopic (exact) mass is 420 g/mol. The van der Waals surface area contributed by atoms with Crippen LogP contribution in [0.15, 0.2) is 55.1 Å². The van der Waals surface area contributed by atoms with Crippen LogP contribution in [0.3, 0.4) is 0 Å². The highest BCUT2D eigenvalue weighted by Crippen LogP contribution is 2.23. The van der Waals surface area contributed by atoms with E-state index in [0.29, 0.717) is 24.1 Å². The predicted molar refractivity (Wildman–Crippen MR) is 112 cm³/mol. The van der Waals surface area contributed by atoms with E-state index in [-0.39, 0.29) is 0 Å². The normalized spacial score (nSPS) is 11.3. The van der Waals surface area contributed by atoms with Crippen LogP contribution in [-0.4, -0.2) is 44.5 Å². The van der Waals surface area contributed by atoms with Gasteiger partial charge in [-0.1, -0.05) is 22.9 Å². The summed E-state index contributed by atoms with van der Waals surface area (Å²) >= 11 is 5.91. The zero-order valence-electron chi connectivity index (χ0n) is 16.0. The molecule has 0 fully saturated rings. The zero-order chi connectivity index (χ0) is 20.5. The van der Waals surface area contributed by atoms with Gasteiger partial charge in [-0.2, -0.15) is 10.2 Å². The van der Waals surface area contributed by atoms with Crippen molar-refractivity contribution in [1.29, 1.82) is 0 Å². The van der Waals surface area contributed by atoms with Gasteiger partial charge in [-0.3, -0.25) is 9.36 Å². The van der Waals surface area contributed by atoms with E-state index >= 15 is 0 Å². The topological polar surface area (TPSA) is 104 Å². The molecule has 1 aromatic carbocycles. The maximum Gasteiger partial charge on any atom is 0.228 e. The summed E-state index contributed by atoms with van der Waals surface area (Å²) in [5.74, 6) is 1.31. The maximum atomic E-state index is 5.91. The number of hydrogen-bond donors (Lipinski definition) is 1. The Morgan fingerprint density at radius 3 is 2.80 bits per heavy atom. The molecule has 10 nitrogen and oxygen atoms in total. The third-order valence-corrected chi connectivity index (χ3v) is 4.86. The van der Waals surface area contributed by atoms with Gasteiger partial charge < -0.3 is 5.32 Å². The summed E-state index contributed by atoms with van der Waals surface area (Å²) in [5.41, 5.74) is 3.46. The number of hydrogen-bond acceptors (Lipinski definition) is 7. The van der Waals surface area contributed by atoms with Gasteiger partial charge in [0.1, 0.15) is 11.3 Å². The van der Waals surface area contributed by atoms with Crippen LogP contribution in [-0.2, 0) is 20.1 Å². The molecule has 0 unspecified atom stereocenters. The van der Waals surface area contributed by atoms with E-state index in [1.54, 1.807) is 34.2 Å². The van der Waals surface area contributed by atoms with Gasteiger partial charge in [-0.25, -0.2) is 14.6 Å². The Labute approximate surface area is 176 Å². The first-order chi connectivity index (χ1) is 14.7. The van der Waals surface area contributed by atoms with E-state index in [1.165, 1.54) is 0 Å². The molecule has 1 N–H and O–H groups in total. The summed E-state index contributed by atoms with van der Waals surface area (Å²) in [4.78, 5) is 8.90. The molecule has 30 heavy (non-hydrogen) atoms. The standard InChI is InChI=1S/C19H17ClN10/c1-28-18(5-7-22-28)25-19-21-6-4-15(24-19)13-2-3-17-16(10-13)26-27-30(17)9-8-29-12-14(20)11-23-29/h2-7,10-12H,8-9H2,1H3,(H,21,24,25). The molecular formula is C19H17ClN10. The minimum absolute atomic E-state index is 0.498. The first-order valence-electron chi connectivity index (χ1n) is 9.25. The lowest BCUT2D eigenvalue weighted by Crippen LogP contribution is -2.09. The van der Waals surface area contributed by atoms with Crippen molar-refractivity contribution in [2.45, 2.75) is 13.1 Å². The second-order valence-electron chi connectivity index (χ2n) is 6.67. The van der Waals surface area contributed by atoms with Crippen LogP contribution < -0.4 is 5.32 Å². The molecule has 0 radical (unpaired) electrons. The maximum absolute atomic E-state index is 5.91. The molecule has 0 spiro atoms. The predicted octanol–water partition coefficient (Wildman–Crippen LogP) is 2.92. The molecule has 11 heteroatoms. The van der Waals surface area contributed by atoms with E-state index in [1.807, 2.05) is 42.1 Å². The molecule has 5 rings (SSSR count). The number of nitrogens with zero attached hydrogens (tertiary/aromatic N) is 9. The molecule has 4 aromatic heterocycles. The van der Waals surface area contributed by atoms with Gasteiger partial charge in [0.15, 0.2) is 0 Å². The van der Waals surface area contributed by atoms with E-state index in [0.717, 1.165) is 28.1 Å². The summed E-state index contributed by atoms with van der Waals surface area (Å²) in [6.07, 6.45) is 6.83. The minimum atomic E-state index is 0.498. The van der Waals surface area contributed by atoms with Gasteiger partial charge >= 0.3 is 0 Å². The van der Waals surface area contributed by atoms with Crippen molar-refractivity contribution in [2.24, 2.45) is 7.05 Å². The van der Waals surface area contributed by atoms with E-state index in [4.69, 9.17) is 11.6 Å². The molecular weight excluding hydrogens is 404 g/mol. The van der Waals surface area contributed by atoms with Crippen LogP contribution >= 0.6 is 11.6 Å². The molecule has 0 bridgehead atoms. The number of aromatic nitrogens is 9. The van der Waals surface area contributed by atoms with Crippen LogP contribution in [0.4, 0.5) is 11.8 Å². The fraction of sp³-hybridized carbons (Fsp3) is 0.158. The Morgan fingerprint density at radius 1 is 1.07 bits per heavy atom. The molecule has 150 valence electrons. The Hall–Kier alpha value is -3.79. The molecule has 0 aliphatic carbocycles. The average Bonchev–Trinajstić information content (AvgIpc) is 3.47. The fourth-order valence-electron chi connectivity index (χ4n) is 3.15. The van der Waals surface area contributed by atoms with Gasteiger partial charge in [0.25, 0.3) is 0 Å². The molecule has 4 heterocycles. The molecule has 0 aliphatic rings. The number of rotatable bonds is 6. The van der Waals surface area contributed by atoms with Crippen molar-refractivity contribution < 1.29 is 0 Å². The number of anilines is 2. The Balaban J connectivity index is 1.38. The summed E-state index contributed by atoms with van der Waals surface area (Å²) in [6, 6.07) is 9.69. The number of aryl methyl sites for hydroxylation is 3. The highest BCUT2D eigenvalue weighted by molar-refractivity contribution is 6.30. The summed E-state index contributed by atoms with van der Waals surface area (Å²) in [6.45, 7) is 1.29. The van der Waals surface area contributed by atoms with Crippen molar-refractivity contribution in [3.63, 3.8) is 0 Å². The zero-order valence-corrected chi connectivity index (χ0v) is 16.8. The average molecular weight is 421 g/mol. The SMILES string of the molecule is Cn1nccc1Nc1nccc(-c2ccc3c(c2)nnn3CCn2cc(Cl)cn2)n1. The molecule has 0 aliphatic heterocycles. The third-order valence-electron chi connectivity index (χ3n) is 4.67. The van der Waals surface area contributed by atoms with Crippen molar-refractivity contribution in [2.75, 3.05) is 5.32 Å². The number of benzene rings is 1. The minimum Gasteiger partial charge on any atom is -0.309 e. The largest absolute Gasteiger partial charge is 0.309 e. The lowest BCUT2D eigenvalue weighted by molar-refractivity contribution is 0.499. The molecule has 0 amide bonds. The number of halogens is 1. The Bertz CT molecular complexity index is 1320. The van der Waals surface area contributed by atoms with Gasteiger partial charge in [0.05, 0.1) is 41.7 Å². The van der Waals surface area contributed by atoms with Crippen LogP contribution in [0.25, 0.3) is 22.3 Å². The van der Waals surface area contributed by atoms with Crippen molar-refractivity contribution in [3.8, 4) is 11.3 Å². The van der Waals surface area contributed by atoms with E-state index < -0.39 is 0 Å². The molecule has 5 aromatic rings. The van der Waals surface area contributed by atoms with Crippen LogP contribution in [0, 0.1) is 0 Å². The smallest absolute Gasteiger partial charge is 0.228 e. The first kappa shape index (κ1) is 18.3. The fourth-order valence-corrected chi connectivity index (χ4v) is 3.30. The first-order valence-corrected chi connectivity index (χ1v) is 9.63. The highest BCUT2D eigenvalue weighted by atomic mass is 35.5. The summed E-state index contributed by atoms with van der Waals surface area (Å²) in [5, 5.41) is 20.7. The summed E-state index contributed by atoms with van der Waals surface area (Å²) in [7, 11) is 1.85. The van der Waals surface area contributed by atoms with Crippen LogP contribution in [0.2, 0.25) is 5.02 Å². The van der Waals surface area contributed by atoms with Gasteiger partial charge in [0.2, 0.25) is 5.95 Å². The van der Waals surface area contributed by atoms with Crippen molar-refractivity contribution in [1.82, 2.24) is 44.5 Å². The lowest BCUT2D eigenvalue weighted by Gasteiger charge is -2.07. The highest BCUT2D eigenvalue weighted by Gasteiger charge is 2.09. The quantitative estimate of drug-likeness (QED) is 0.450. The number of nitrogens with one attached hydrogen (secondary N) is 1. The van der Waals surface area contributed by atoms with Crippen molar-refractivity contribution >= 4 is 34.4 Å². The lowest BCUT2D eigenvalue weighted by atomic mass is 10.1. The molecule has 0 atom stereocenters. The van der Waals surface area contributed by atoms with Gasteiger partial charge in [0, 0.05) is 31.1 Å². The number of fused-ring (bicyclic) bond motifs is 1. The molecule has 0 saturated heterocycles.